The lowest BCUT2D eigenvalue weighted by atomic mass is 10.0. The molecular formula is C14H11BrCl2. The van der Waals surface area contributed by atoms with Crippen molar-refractivity contribution < 1.29 is 0 Å². The Kier molecular flexibility index (Phi) is 4.13. The molecule has 0 radical (unpaired) electrons. The maximum absolute atomic E-state index is 6.21. The molecule has 2 aromatic carbocycles. The first kappa shape index (κ1) is 12.9. The molecule has 88 valence electrons. The first-order valence-corrected chi connectivity index (χ1v) is 6.91. The zero-order chi connectivity index (χ0) is 12.4. The van der Waals surface area contributed by atoms with Crippen LogP contribution in [0.2, 0.25) is 10.0 Å². The van der Waals surface area contributed by atoms with Gasteiger partial charge in [-0.05, 0) is 35.7 Å². The summed E-state index contributed by atoms with van der Waals surface area (Å²) >= 11 is 15.8. The Hall–Kier alpha value is -0.500. The van der Waals surface area contributed by atoms with Crippen LogP contribution in [0.3, 0.4) is 0 Å². The quantitative estimate of drug-likeness (QED) is 0.612. The lowest BCUT2D eigenvalue weighted by Gasteiger charge is -2.15. The molecule has 0 aliphatic rings. The summed E-state index contributed by atoms with van der Waals surface area (Å²) in [5.41, 5.74) is 3.49. The molecule has 0 aromatic heterocycles. The van der Waals surface area contributed by atoms with E-state index in [2.05, 4.69) is 35.0 Å². The van der Waals surface area contributed by atoms with Gasteiger partial charge in [0, 0.05) is 10.0 Å². The van der Waals surface area contributed by atoms with E-state index in [4.69, 9.17) is 23.2 Å². The third-order valence-corrected chi connectivity index (χ3v) is 4.25. The van der Waals surface area contributed by atoms with Crippen LogP contribution in [-0.2, 0) is 0 Å². The predicted octanol–water partition coefficient (Wildman–Crippen LogP) is 5.79. The van der Waals surface area contributed by atoms with Gasteiger partial charge in [0.25, 0.3) is 0 Å². The van der Waals surface area contributed by atoms with Crippen molar-refractivity contribution >= 4 is 39.1 Å². The van der Waals surface area contributed by atoms with Crippen molar-refractivity contribution in [1.29, 1.82) is 0 Å². The summed E-state index contributed by atoms with van der Waals surface area (Å²) in [7, 11) is 0. The van der Waals surface area contributed by atoms with Crippen molar-refractivity contribution in [1.82, 2.24) is 0 Å². The molecule has 0 amide bonds. The minimum absolute atomic E-state index is 0.0912. The van der Waals surface area contributed by atoms with Crippen molar-refractivity contribution in [2.75, 3.05) is 0 Å². The predicted molar refractivity (Wildman–Crippen MR) is 78.4 cm³/mol. The van der Waals surface area contributed by atoms with Crippen LogP contribution in [0.5, 0.6) is 0 Å². The zero-order valence-electron chi connectivity index (χ0n) is 9.25. The lowest BCUT2D eigenvalue weighted by molar-refractivity contribution is 1.14. The average molecular weight is 330 g/mol. The molecule has 0 nitrogen and oxygen atoms in total. The van der Waals surface area contributed by atoms with Gasteiger partial charge in [0.1, 0.15) is 0 Å². The van der Waals surface area contributed by atoms with Gasteiger partial charge in [-0.2, -0.15) is 0 Å². The van der Waals surface area contributed by atoms with Crippen LogP contribution in [0.4, 0.5) is 0 Å². The van der Waals surface area contributed by atoms with Gasteiger partial charge in [-0.15, -0.1) is 0 Å². The highest BCUT2D eigenvalue weighted by atomic mass is 79.9. The van der Waals surface area contributed by atoms with Crippen molar-refractivity contribution in [2.24, 2.45) is 0 Å². The highest BCUT2D eigenvalue weighted by molar-refractivity contribution is 9.09. The molecule has 0 saturated carbocycles. The normalized spacial score (nSPS) is 12.5. The van der Waals surface area contributed by atoms with Crippen molar-refractivity contribution in [3.05, 3.63) is 69.2 Å². The molecule has 2 aromatic rings. The van der Waals surface area contributed by atoms with Crippen molar-refractivity contribution in [3.8, 4) is 0 Å². The van der Waals surface area contributed by atoms with Gasteiger partial charge in [0.2, 0.25) is 0 Å². The summed E-state index contributed by atoms with van der Waals surface area (Å²) in [4.78, 5) is 0.0912. The Labute approximate surface area is 120 Å². The van der Waals surface area contributed by atoms with E-state index in [1.54, 1.807) is 6.07 Å². The van der Waals surface area contributed by atoms with Gasteiger partial charge >= 0.3 is 0 Å². The molecule has 0 spiro atoms. The number of rotatable bonds is 2. The molecule has 0 N–H and O–H groups in total. The zero-order valence-corrected chi connectivity index (χ0v) is 12.4. The van der Waals surface area contributed by atoms with E-state index in [0.717, 1.165) is 5.56 Å². The molecule has 2 rings (SSSR count). The second kappa shape index (κ2) is 5.43. The SMILES string of the molecule is Cc1ccccc1C(Br)c1ccc(Cl)cc1Cl. The van der Waals surface area contributed by atoms with Crippen LogP contribution < -0.4 is 0 Å². The van der Waals surface area contributed by atoms with Crippen LogP contribution in [0, 0.1) is 6.92 Å². The third-order valence-electron chi connectivity index (χ3n) is 2.70. The van der Waals surface area contributed by atoms with Gasteiger partial charge in [-0.3, -0.25) is 0 Å². The summed E-state index contributed by atoms with van der Waals surface area (Å²) in [5, 5.41) is 1.34. The number of aryl methyl sites for hydroxylation is 1. The van der Waals surface area contributed by atoms with Gasteiger partial charge < -0.3 is 0 Å². The van der Waals surface area contributed by atoms with E-state index in [0.29, 0.717) is 10.0 Å². The molecule has 17 heavy (non-hydrogen) atoms. The lowest BCUT2D eigenvalue weighted by Crippen LogP contribution is -1.96. The molecule has 0 aliphatic carbocycles. The molecule has 0 saturated heterocycles. The van der Waals surface area contributed by atoms with Crippen molar-refractivity contribution in [3.63, 3.8) is 0 Å². The van der Waals surface area contributed by atoms with Gasteiger partial charge in [0.15, 0.2) is 0 Å². The number of benzene rings is 2. The number of halogens is 3. The fraction of sp³-hybridized carbons (Fsp3) is 0.143. The minimum atomic E-state index is 0.0912. The monoisotopic (exact) mass is 328 g/mol. The number of hydrogen-bond acceptors (Lipinski definition) is 0. The smallest absolute Gasteiger partial charge is 0.0661 e. The average Bonchev–Trinajstić information content (AvgIpc) is 2.29. The summed E-state index contributed by atoms with van der Waals surface area (Å²) in [6.07, 6.45) is 0. The van der Waals surface area contributed by atoms with E-state index in [-0.39, 0.29) is 4.83 Å². The molecule has 0 bridgehead atoms. The Balaban J connectivity index is 2.44. The van der Waals surface area contributed by atoms with Gasteiger partial charge in [-0.1, -0.05) is 69.5 Å². The molecule has 1 unspecified atom stereocenters. The molecule has 0 fully saturated rings. The summed E-state index contributed by atoms with van der Waals surface area (Å²) in [6, 6.07) is 13.8. The highest BCUT2D eigenvalue weighted by Crippen LogP contribution is 2.37. The third kappa shape index (κ3) is 2.85. The van der Waals surface area contributed by atoms with E-state index in [1.807, 2.05) is 24.3 Å². The van der Waals surface area contributed by atoms with Gasteiger partial charge in [-0.25, -0.2) is 0 Å². The minimum Gasteiger partial charge on any atom is -0.0843 e. The van der Waals surface area contributed by atoms with Crippen molar-refractivity contribution in [2.45, 2.75) is 11.8 Å². The van der Waals surface area contributed by atoms with E-state index >= 15 is 0 Å². The molecule has 0 heterocycles. The van der Waals surface area contributed by atoms with Crippen LogP contribution in [0.15, 0.2) is 42.5 Å². The van der Waals surface area contributed by atoms with E-state index in [9.17, 15) is 0 Å². The summed E-state index contributed by atoms with van der Waals surface area (Å²) in [6.45, 7) is 2.09. The Morgan fingerprint density at radius 1 is 1.00 bits per heavy atom. The van der Waals surface area contributed by atoms with Gasteiger partial charge in [0.05, 0.1) is 4.83 Å². The first-order chi connectivity index (χ1) is 8.09. The fourth-order valence-electron chi connectivity index (χ4n) is 1.75. The number of hydrogen-bond donors (Lipinski definition) is 0. The van der Waals surface area contributed by atoms with E-state index < -0.39 is 0 Å². The van der Waals surface area contributed by atoms with E-state index in [1.165, 1.54) is 11.1 Å². The standard InChI is InChI=1S/C14H11BrCl2/c1-9-4-2-3-5-11(9)14(15)12-7-6-10(16)8-13(12)17/h2-8,14H,1H3. The molecule has 3 heteroatoms. The van der Waals surface area contributed by atoms with Crippen LogP contribution in [-0.4, -0.2) is 0 Å². The molecule has 1 atom stereocenters. The second-order valence-electron chi connectivity index (χ2n) is 3.88. The van der Waals surface area contributed by atoms with Crippen LogP contribution in [0.25, 0.3) is 0 Å². The summed E-state index contributed by atoms with van der Waals surface area (Å²) < 4.78 is 0. The maximum atomic E-state index is 6.21. The summed E-state index contributed by atoms with van der Waals surface area (Å²) in [5.74, 6) is 0. The number of alkyl halides is 1. The Morgan fingerprint density at radius 2 is 1.71 bits per heavy atom. The Morgan fingerprint density at radius 3 is 2.35 bits per heavy atom. The fourth-order valence-corrected chi connectivity index (χ4v) is 3.31. The first-order valence-electron chi connectivity index (χ1n) is 5.24. The largest absolute Gasteiger partial charge is 0.0843 e. The highest BCUT2D eigenvalue weighted by Gasteiger charge is 2.15. The van der Waals surface area contributed by atoms with Crippen LogP contribution in [0.1, 0.15) is 21.5 Å². The van der Waals surface area contributed by atoms with Crippen LogP contribution >= 0.6 is 39.1 Å². The molecule has 0 aliphatic heterocycles. The topological polar surface area (TPSA) is 0 Å². The second-order valence-corrected chi connectivity index (χ2v) is 5.64. The maximum Gasteiger partial charge on any atom is 0.0661 e. The Bertz CT molecular complexity index is 537. The molecular weight excluding hydrogens is 319 g/mol.